The minimum Gasteiger partial charge on any atom is -0.317 e. The summed E-state index contributed by atoms with van der Waals surface area (Å²) in [5.74, 6) is 0.955. The molecule has 0 rings (SSSR count). The third-order valence-corrected chi connectivity index (χ3v) is 3.26. The zero-order chi connectivity index (χ0) is 12.1. The first kappa shape index (κ1) is 16.0. The van der Waals surface area contributed by atoms with Crippen LogP contribution < -0.4 is 5.32 Å². The van der Waals surface area contributed by atoms with Crippen molar-refractivity contribution < 1.29 is 0 Å². The van der Waals surface area contributed by atoms with E-state index in [1.807, 2.05) is 0 Å². The molecule has 0 amide bonds. The van der Waals surface area contributed by atoms with E-state index >= 15 is 0 Å². The van der Waals surface area contributed by atoms with E-state index in [4.69, 9.17) is 0 Å². The molecule has 1 unspecified atom stereocenters. The third-order valence-electron chi connectivity index (χ3n) is 3.26. The van der Waals surface area contributed by atoms with E-state index in [0.29, 0.717) is 0 Å². The highest BCUT2D eigenvalue weighted by Gasteiger charge is 1.99. The van der Waals surface area contributed by atoms with E-state index in [1.165, 1.54) is 70.9 Å². The lowest BCUT2D eigenvalue weighted by Crippen LogP contribution is -2.15. The molecule has 98 valence electrons. The molecule has 0 radical (unpaired) electrons. The highest BCUT2D eigenvalue weighted by atomic mass is 14.8. The summed E-state index contributed by atoms with van der Waals surface area (Å²) in [5.41, 5.74) is 0. The molecule has 1 atom stereocenters. The van der Waals surface area contributed by atoms with Crippen molar-refractivity contribution >= 4 is 0 Å². The Kier molecular flexibility index (Phi) is 13.0. The van der Waals surface area contributed by atoms with Gasteiger partial charge in [0.25, 0.3) is 0 Å². The topological polar surface area (TPSA) is 12.0 Å². The van der Waals surface area contributed by atoms with Crippen molar-refractivity contribution in [1.82, 2.24) is 5.32 Å². The molecule has 0 aromatic rings. The maximum Gasteiger partial charge on any atom is -0.00489 e. The van der Waals surface area contributed by atoms with Gasteiger partial charge in [-0.15, -0.1) is 0 Å². The van der Waals surface area contributed by atoms with Gasteiger partial charge in [-0.1, -0.05) is 65.7 Å². The van der Waals surface area contributed by atoms with Crippen molar-refractivity contribution in [2.45, 2.75) is 78.6 Å². The molecule has 0 aliphatic rings. The molecule has 0 aromatic heterocycles. The maximum atomic E-state index is 3.46. The van der Waals surface area contributed by atoms with Crippen molar-refractivity contribution in [2.24, 2.45) is 5.92 Å². The molecular weight excluding hydrogens is 194 g/mol. The summed E-state index contributed by atoms with van der Waals surface area (Å²) in [7, 11) is 0. The first-order valence-corrected chi connectivity index (χ1v) is 7.52. The van der Waals surface area contributed by atoms with Crippen molar-refractivity contribution in [3.05, 3.63) is 0 Å². The van der Waals surface area contributed by atoms with Crippen LogP contribution in [0.3, 0.4) is 0 Å². The maximum absolute atomic E-state index is 3.46. The fourth-order valence-corrected chi connectivity index (χ4v) is 2.21. The fourth-order valence-electron chi connectivity index (χ4n) is 2.21. The normalized spacial score (nSPS) is 12.9. The second-order valence-electron chi connectivity index (χ2n) is 5.20. The Bertz CT molecular complexity index is 123. The van der Waals surface area contributed by atoms with E-state index in [-0.39, 0.29) is 0 Å². The van der Waals surface area contributed by atoms with E-state index in [0.717, 1.165) is 5.92 Å². The van der Waals surface area contributed by atoms with Gasteiger partial charge >= 0.3 is 0 Å². The van der Waals surface area contributed by atoms with Gasteiger partial charge in [0.1, 0.15) is 0 Å². The summed E-state index contributed by atoms with van der Waals surface area (Å²) in [6, 6.07) is 0. The molecule has 0 bridgehead atoms. The zero-order valence-corrected chi connectivity index (χ0v) is 11.9. The lowest BCUT2D eigenvalue weighted by atomic mass is 9.98. The quantitative estimate of drug-likeness (QED) is 0.474. The summed E-state index contributed by atoms with van der Waals surface area (Å²) in [5, 5.41) is 3.46. The Morgan fingerprint density at radius 2 is 1.44 bits per heavy atom. The number of rotatable bonds is 12. The fraction of sp³-hybridized carbons (Fsp3) is 1.00. The average Bonchev–Trinajstić information content (AvgIpc) is 2.27. The predicted molar refractivity (Wildman–Crippen MR) is 74.9 cm³/mol. The summed E-state index contributed by atoms with van der Waals surface area (Å²) < 4.78 is 0. The Hall–Kier alpha value is -0.0400. The molecule has 1 nitrogen and oxygen atoms in total. The Morgan fingerprint density at radius 1 is 0.750 bits per heavy atom. The number of nitrogens with one attached hydrogen (secondary N) is 1. The van der Waals surface area contributed by atoms with Gasteiger partial charge < -0.3 is 5.32 Å². The molecular formula is C15H33N. The third kappa shape index (κ3) is 12.0. The second-order valence-corrected chi connectivity index (χ2v) is 5.20. The molecule has 0 aliphatic carbocycles. The van der Waals surface area contributed by atoms with Crippen LogP contribution in [0.5, 0.6) is 0 Å². The van der Waals surface area contributed by atoms with E-state index in [2.05, 4.69) is 26.1 Å². The first-order chi connectivity index (χ1) is 7.81. The van der Waals surface area contributed by atoms with Gasteiger partial charge in [-0.05, 0) is 31.8 Å². The van der Waals surface area contributed by atoms with Gasteiger partial charge in [0.2, 0.25) is 0 Å². The highest BCUT2D eigenvalue weighted by molar-refractivity contribution is 4.54. The van der Waals surface area contributed by atoms with Crippen LogP contribution in [-0.2, 0) is 0 Å². The Labute approximate surface area is 103 Å². The smallest absolute Gasteiger partial charge is 0.00489 e. The van der Waals surface area contributed by atoms with Crippen molar-refractivity contribution in [1.29, 1.82) is 0 Å². The van der Waals surface area contributed by atoms with Gasteiger partial charge in [0.05, 0.1) is 0 Å². The van der Waals surface area contributed by atoms with Crippen molar-refractivity contribution in [2.75, 3.05) is 13.1 Å². The number of hydrogen-bond acceptors (Lipinski definition) is 1. The molecule has 0 spiro atoms. The molecule has 1 heteroatoms. The SMILES string of the molecule is CCCNCCCCCCCC(C)CCC. The van der Waals surface area contributed by atoms with E-state index < -0.39 is 0 Å². The number of hydrogen-bond donors (Lipinski definition) is 1. The standard InChI is InChI=1S/C15H33N/c1-4-11-15(3)12-9-7-6-8-10-14-16-13-5-2/h15-16H,4-14H2,1-3H3. The van der Waals surface area contributed by atoms with Crippen molar-refractivity contribution in [3.63, 3.8) is 0 Å². The van der Waals surface area contributed by atoms with Crippen LogP contribution in [0.1, 0.15) is 78.6 Å². The Morgan fingerprint density at radius 3 is 2.12 bits per heavy atom. The monoisotopic (exact) mass is 227 g/mol. The van der Waals surface area contributed by atoms with Gasteiger partial charge in [0.15, 0.2) is 0 Å². The molecule has 1 N–H and O–H groups in total. The largest absolute Gasteiger partial charge is 0.317 e. The van der Waals surface area contributed by atoms with E-state index in [9.17, 15) is 0 Å². The van der Waals surface area contributed by atoms with Crippen LogP contribution in [0.2, 0.25) is 0 Å². The van der Waals surface area contributed by atoms with Crippen LogP contribution in [0.25, 0.3) is 0 Å². The van der Waals surface area contributed by atoms with Gasteiger partial charge in [-0.2, -0.15) is 0 Å². The zero-order valence-electron chi connectivity index (χ0n) is 11.9. The van der Waals surface area contributed by atoms with Gasteiger partial charge in [0, 0.05) is 0 Å². The second kappa shape index (κ2) is 13.0. The van der Waals surface area contributed by atoms with Crippen LogP contribution in [0, 0.1) is 5.92 Å². The lowest BCUT2D eigenvalue weighted by Gasteiger charge is -2.09. The molecule has 0 aliphatic heterocycles. The summed E-state index contributed by atoms with van der Waals surface area (Å²) in [6.07, 6.45) is 12.6. The molecule has 0 aromatic carbocycles. The van der Waals surface area contributed by atoms with Crippen LogP contribution >= 0.6 is 0 Å². The molecule has 16 heavy (non-hydrogen) atoms. The summed E-state index contributed by atoms with van der Waals surface area (Å²) >= 11 is 0. The van der Waals surface area contributed by atoms with Crippen LogP contribution in [0.15, 0.2) is 0 Å². The molecule has 0 fully saturated rings. The predicted octanol–water partition coefficient (Wildman–Crippen LogP) is 4.76. The van der Waals surface area contributed by atoms with Crippen molar-refractivity contribution in [3.8, 4) is 0 Å². The minimum atomic E-state index is 0.955. The Balaban J connectivity index is 2.98. The summed E-state index contributed by atoms with van der Waals surface area (Å²) in [4.78, 5) is 0. The lowest BCUT2D eigenvalue weighted by molar-refractivity contribution is 0.451. The van der Waals surface area contributed by atoms with Gasteiger partial charge in [-0.3, -0.25) is 0 Å². The van der Waals surface area contributed by atoms with Crippen LogP contribution in [0.4, 0.5) is 0 Å². The summed E-state index contributed by atoms with van der Waals surface area (Å²) in [6.45, 7) is 9.33. The van der Waals surface area contributed by atoms with Gasteiger partial charge in [-0.25, -0.2) is 0 Å². The number of unbranched alkanes of at least 4 members (excludes halogenated alkanes) is 4. The highest BCUT2D eigenvalue weighted by Crippen LogP contribution is 2.15. The molecule has 0 saturated heterocycles. The van der Waals surface area contributed by atoms with Crippen LogP contribution in [-0.4, -0.2) is 13.1 Å². The molecule has 0 heterocycles. The average molecular weight is 227 g/mol. The first-order valence-electron chi connectivity index (χ1n) is 7.52. The van der Waals surface area contributed by atoms with E-state index in [1.54, 1.807) is 0 Å². The minimum absolute atomic E-state index is 0.955. The molecule has 0 saturated carbocycles.